The van der Waals surface area contributed by atoms with Crippen molar-refractivity contribution in [1.29, 1.82) is 0 Å². The van der Waals surface area contributed by atoms with Gasteiger partial charge >= 0.3 is 0 Å². The Balaban J connectivity index is 1.51. The molecule has 1 aliphatic carbocycles. The second-order valence-electron chi connectivity index (χ2n) is 6.11. The van der Waals surface area contributed by atoms with Crippen molar-refractivity contribution < 1.29 is 14.1 Å². The summed E-state index contributed by atoms with van der Waals surface area (Å²) in [5.74, 6) is 1.71. The van der Waals surface area contributed by atoms with Crippen molar-refractivity contribution in [2.24, 2.45) is 0 Å². The van der Waals surface area contributed by atoms with Gasteiger partial charge in [-0.05, 0) is 32.1 Å². The van der Waals surface area contributed by atoms with E-state index in [1.54, 1.807) is 4.90 Å². The lowest BCUT2D eigenvalue weighted by atomic mass is 10.1. The summed E-state index contributed by atoms with van der Waals surface area (Å²) in [6.07, 6.45) is 5.04. The monoisotopic (exact) mass is 290 g/mol. The Hall–Kier alpha value is -1.92. The van der Waals surface area contributed by atoms with Gasteiger partial charge in [0, 0.05) is 18.9 Å². The minimum absolute atomic E-state index is 0.0190. The first-order chi connectivity index (χ1) is 10.2. The number of rotatable bonds is 3. The van der Waals surface area contributed by atoms with Crippen LogP contribution in [0, 0.1) is 0 Å². The van der Waals surface area contributed by atoms with Crippen molar-refractivity contribution in [1.82, 2.24) is 20.4 Å². The normalized spacial score (nSPS) is 29.0. The summed E-state index contributed by atoms with van der Waals surface area (Å²) in [6, 6.07) is -0.515. The molecule has 2 unspecified atom stereocenters. The van der Waals surface area contributed by atoms with Crippen molar-refractivity contribution in [3.8, 4) is 0 Å². The van der Waals surface area contributed by atoms with Gasteiger partial charge in [-0.3, -0.25) is 9.59 Å². The molecular weight excluding hydrogens is 272 g/mol. The molecule has 3 heterocycles. The lowest BCUT2D eigenvalue weighted by molar-refractivity contribution is -0.135. The first kappa shape index (κ1) is 12.8. The summed E-state index contributed by atoms with van der Waals surface area (Å²) in [6.45, 7) is 0.691. The van der Waals surface area contributed by atoms with Gasteiger partial charge in [0.1, 0.15) is 12.1 Å². The zero-order valence-corrected chi connectivity index (χ0v) is 11.7. The molecule has 112 valence electrons. The van der Waals surface area contributed by atoms with Crippen molar-refractivity contribution in [3.63, 3.8) is 0 Å². The van der Waals surface area contributed by atoms with Gasteiger partial charge in [0.05, 0.1) is 0 Å². The van der Waals surface area contributed by atoms with Crippen LogP contribution >= 0.6 is 0 Å². The van der Waals surface area contributed by atoms with Crippen LogP contribution in [0.1, 0.15) is 62.2 Å². The standard InChI is InChI=1S/C14H18N4O3/c19-11-6-5-9(15-11)14(20)18-7-1-2-10(18)13-16-12(17-21-13)8-3-4-8/h8-10H,1-7H2,(H,15,19). The molecule has 0 aromatic carbocycles. The molecule has 4 rings (SSSR count). The van der Waals surface area contributed by atoms with Crippen LogP contribution in [0.25, 0.3) is 0 Å². The molecule has 3 aliphatic rings. The maximum Gasteiger partial charge on any atom is 0.249 e. The van der Waals surface area contributed by atoms with Crippen LogP contribution in [0.15, 0.2) is 4.52 Å². The zero-order chi connectivity index (χ0) is 14.4. The van der Waals surface area contributed by atoms with Gasteiger partial charge in [-0.1, -0.05) is 5.16 Å². The molecule has 2 amide bonds. The number of amides is 2. The Morgan fingerprint density at radius 2 is 2.14 bits per heavy atom. The van der Waals surface area contributed by atoms with Crippen molar-refractivity contribution in [2.45, 2.75) is 56.5 Å². The quantitative estimate of drug-likeness (QED) is 0.893. The number of nitrogens with zero attached hydrogens (tertiary/aromatic N) is 3. The highest BCUT2D eigenvalue weighted by molar-refractivity contribution is 5.91. The van der Waals surface area contributed by atoms with Crippen LogP contribution < -0.4 is 5.32 Å². The molecule has 0 spiro atoms. The van der Waals surface area contributed by atoms with Gasteiger partial charge in [-0.2, -0.15) is 4.98 Å². The van der Waals surface area contributed by atoms with Crippen LogP contribution in [0.3, 0.4) is 0 Å². The Bertz CT molecular complexity index is 581. The fraction of sp³-hybridized carbons (Fsp3) is 0.714. The Morgan fingerprint density at radius 1 is 1.29 bits per heavy atom. The van der Waals surface area contributed by atoms with Crippen molar-refractivity contribution in [3.05, 3.63) is 11.7 Å². The number of carbonyl (C=O) groups is 2. The number of nitrogens with one attached hydrogen (secondary N) is 1. The number of aromatic nitrogens is 2. The predicted octanol–water partition coefficient (Wildman–Crippen LogP) is 0.889. The average Bonchev–Trinajstić information content (AvgIpc) is 2.94. The summed E-state index contributed by atoms with van der Waals surface area (Å²) in [7, 11) is 0. The molecule has 2 saturated heterocycles. The number of carbonyl (C=O) groups excluding carboxylic acids is 2. The van der Waals surface area contributed by atoms with E-state index < -0.39 is 0 Å². The second-order valence-corrected chi connectivity index (χ2v) is 6.11. The van der Waals surface area contributed by atoms with E-state index in [0.717, 1.165) is 31.5 Å². The topological polar surface area (TPSA) is 88.3 Å². The van der Waals surface area contributed by atoms with Gasteiger partial charge < -0.3 is 14.7 Å². The SMILES string of the molecule is O=C1CCC(C(=O)N2CCCC2c2nc(C3CC3)no2)N1. The van der Waals surface area contributed by atoms with Crippen LogP contribution in [0.5, 0.6) is 0 Å². The lowest BCUT2D eigenvalue weighted by Crippen LogP contribution is -2.44. The highest BCUT2D eigenvalue weighted by Crippen LogP contribution is 2.40. The largest absolute Gasteiger partial charge is 0.344 e. The molecule has 1 aromatic rings. The van der Waals surface area contributed by atoms with E-state index in [0.29, 0.717) is 31.2 Å². The summed E-state index contributed by atoms with van der Waals surface area (Å²) >= 11 is 0. The molecule has 1 aromatic heterocycles. The summed E-state index contributed by atoms with van der Waals surface area (Å²) in [5.41, 5.74) is 0. The summed E-state index contributed by atoms with van der Waals surface area (Å²) in [5, 5.41) is 6.77. The predicted molar refractivity (Wildman–Crippen MR) is 71.1 cm³/mol. The minimum Gasteiger partial charge on any atom is -0.344 e. The van der Waals surface area contributed by atoms with Crippen LogP contribution in [0.2, 0.25) is 0 Å². The number of likely N-dealkylation sites (tertiary alicyclic amines) is 1. The maximum absolute atomic E-state index is 12.6. The van der Waals surface area contributed by atoms with E-state index >= 15 is 0 Å². The lowest BCUT2D eigenvalue weighted by Gasteiger charge is -2.24. The second kappa shape index (κ2) is 4.82. The average molecular weight is 290 g/mol. The van der Waals surface area contributed by atoms with E-state index in [1.807, 2.05) is 0 Å². The van der Waals surface area contributed by atoms with E-state index in [4.69, 9.17) is 4.52 Å². The molecule has 2 atom stereocenters. The van der Waals surface area contributed by atoms with E-state index in [9.17, 15) is 9.59 Å². The molecule has 0 radical (unpaired) electrons. The third kappa shape index (κ3) is 2.30. The highest BCUT2D eigenvalue weighted by Gasteiger charge is 2.40. The van der Waals surface area contributed by atoms with Gasteiger partial charge in [-0.25, -0.2) is 0 Å². The fourth-order valence-electron chi connectivity index (χ4n) is 3.18. The van der Waals surface area contributed by atoms with Gasteiger partial charge in [0.25, 0.3) is 0 Å². The van der Waals surface area contributed by atoms with Crippen LogP contribution in [-0.4, -0.2) is 39.4 Å². The molecule has 7 nitrogen and oxygen atoms in total. The first-order valence-electron chi connectivity index (χ1n) is 7.66. The van der Waals surface area contributed by atoms with Gasteiger partial charge in [0.15, 0.2) is 5.82 Å². The molecule has 1 N–H and O–H groups in total. The Kier molecular flexibility index (Phi) is 2.94. The van der Waals surface area contributed by atoms with Gasteiger partial charge in [0.2, 0.25) is 17.7 Å². The molecule has 21 heavy (non-hydrogen) atoms. The smallest absolute Gasteiger partial charge is 0.249 e. The zero-order valence-electron chi connectivity index (χ0n) is 11.7. The summed E-state index contributed by atoms with van der Waals surface area (Å²) < 4.78 is 5.37. The Labute approximate surface area is 122 Å². The fourth-order valence-corrected chi connectivity index (χ4v) is 3.18. The Morgan fingerprint density at radius 3 is 2.86 bits per heavy atom. The minimum atomic E-state index is -0.385. The number of hydrogen-bond donors (Lipinski definition) is 1. The van der Waals surface area contributed by atoms with E-state index in [1.165, 1.54) is 0 Å². The molecule has 3 fully saturated rings. The van der Waals surface area contributed by atoms with Crippen molar-refractivity contribution >= 4 is 11.8 Å². The highest BCUT2D eigenvalue weighted by atomic mass is 16.5. The molecule has 2 aliphatic heterocycles. The van der Waals surface area contributed by atoms with E-state index in [-0.39, 0.29) is 23.9 Å². The maximum atomic E-state index is 12.6. The molecule has 1 saturated carbocycles. The van der Waals surface area contributed by atoms with Gasteiger partial charge in [-0.15, -0.1) is 0 Å². The van der Waals surface area contributed by atoms with Crippen molar-refractivity contribution in [2.75, 3.05) is 6.54 Å². The summed E-state index contributed by atoms with van der Waals surface area (Å²) in [4.78, 5) is 30.1. The van der Waals surface area contributed by atoms with Crippen LogP contribution in [-0.2, 0) is 9.59 Å². The first-order valence-corrected chi connectivity index (χ1v) is 7.66. The number of hydrogen-bond acceptors (Lipinski definition) is 5. The van der Waals surface area contributed by atoms with Crippen LogP contribution in [0.4, 0.5) is 0 Å². The third-order valence-corrected chi connectivity index (χ3v) is 4.51. The molecule has 0 bridgehead atoms. The van der Waals surface area contributed by atoms with E-state index in [2.05, 4.69) is 15.5 Å². The molecular formula is C14H18N4O3. The molecule has 7 heteroatoms. The third-order valence-electron chi connectivity index (χ3n) is 4.51.